The van der Waals surface area contributed by atoms with E-state index in [4.69, 9.17) is 40.5 Å². The molecule has 0 fully saturated rings. The molecule has 7 heteroatoms. The summed E-state index contributed by atoms with van der Waals surface area (Å²) in [5, 5.41) is 4.01. The van der Waals surface area contributed by atoms with Crippen molar-refractivity contribution in [2.45, 2.75) is 0 Å². The van der Waals surface area contributed by atoms with Crippen molar-refractivity contribution >= 4 is 46.6 Å². The molecule has 0 aliphatic heterocycles. The third kappa shape index (κ3) is 3.27. The number of amidine groups is 1. The zero-order chi connectivity index (χ0) is 12.1. The molecule has 0 heterocycles. The number of oxime groups is 1. The van der Waals surface area contributed by atoms with Gasteiger partial charge in [0.2, 0.25) is 0 Å². The van der Waals surface area contributed by atoms with Crippen molar-refractivity contribution in [2.75, 3.05) is 5.88 Å². The summed E-state index contributed by atoms with van der Waals surface area (Å²) in [5.41, 5.74) is 5.87. The van der Waals surface area contributed by atoms with E-state index in [2.05, 4.69) is 9.99 Å². The van der Waals surface area contributed by atoms with Gasteiger partial charge in [-0.15, -0.1) is 11.6 Å². The van der Waals surface area contributed by atoms with Crippen LogP contribution in [0.4, 0.5) is 0 Å². The van der Waals surface area contributed by atoms with Gasteiger partial charge in [0.1, 0.15) is 5.88 Å². The third-order valence-electron chi connectivity index (χ3n) is 1.57. The predicted molar refractivity (Wildman–Crippen MR) is 64.0 cm³/mol. The Morgan fingerprint density at radius 2 is 1.94 bits per heavy atom. The predicted octanol–water partition coefficient (Wildman–Crippen LogP) is 2.40. The van der Waals surface area contributed by atoms with Gasteiger partial charge in [0.15, 0.2) is 5.84 Å². The molecular weight excluding hydrogens is 274 g/mol. The van der Waals surface area contributed by atoms with E-state index in [-0.39, 0.29) is 11.7 Å². The van der Waals surface area contributed by atoms with Crippen LogP contribution in [0.2, 0.25) is 10.0 Å². The quantitative estimate of drug-likeness (QED) is 0.304. The minimum absolute atomic E-state index is 0.0888. The van der Waals surface area contributed by atoms with Gasteiger partial charge in [0, 0.05) is 0 Å². The molecule has 16 heavy (non-hydrogen) atoms. The molecule has 0 atom stereocenters. The number of nitrogens with zero attached hydrogens (tertiary/aromatic N) is 1. The van der Waals surface area contributed by atoms with E-state index < -0.39 is 5.97 Å². The van der Waals surface area contributed by atoms with E-state index in [0.29, 0.717) is 15.6 Å². The Kier molecular flexibility index (Phi) is 4.86. The molecule has 1 aromatic rings. The molecule has 0 amide bonds. The first kappa shape index (κ1) is 13.1. The summed E-state index contributed by atoms with van der Waals surface area (Å²) in [7, 11) is 0. The molecule has 0 radical (unpaired) electrons. The lowest BCUT2D eigenvalue weighted by Crippen LogP contribution is -2.16. The van der Waals surface area contributed by atoms with Gasteiger partial charge < -0.3 is 10.6 Å². The molecule has 0 aliphatic carbocycles. The molecule has 0 bridgehead atoms. The van der Waals surface area contributed by atoms with Crippen LogP contribution in [-0.2, 0) is 9.63 Å². The number of nitrogens with two attached hydrogens (primary N) is 1. The molecular formula is C9H7Cl3N2O2. The molecule has 0 spiro atoms. The highest BCUT2D eigenvalue weighted by Crippen LogP contribution is 2.23. The average Bonchev–Trinajstić information content (AvgIpc) is 2.25. The van der Waals surface area contributed by atoms with Crippen LogP contribution in [0.25, 0.3) is 0 Å². The van der Waals surface area contributed by atoms with Gasteiger partial charge in [-0.3, -0.25) is 0 Å². The number of carbonyl (C=O) groups excluding carboxylic acids is 1. The van der Waals surface area contributed by atoms with Gasteiger partial charge in [-0.1, -0.05) is 34.4 Å². The van der Waals surface area contributed by atoms with Crippen molar-refractivity contribution < 1.29 is 9.63 Å². The summed E-state index contributed by atoms with van der Waals surface area (Å²) >= 11 is 16.9. The van der Waals surface area contributed by atoms with Crippen molar-refractivity contribution in [2.24, 2.45) is 10.9 Å². The van der Waals surface area contributed by atoms with Crippen LogP contribution in [0, 0.1) is 0 Å². The second-order valence-corrected chi connectivity index (χ2v) is 3.75. The number of carbonyl (C=O) groups is 1. The maximum absolute atomic E-state index is 10.7. The third-order valence-corrected chi connectivity index (χ3v) is 2.42. The average molecular weight is 282 g/mol. The first-order valence-electron chi connectivity index (χ1n) is 4.10. The molecule has 0 aliphatic rings. The van der Waals surface area contributed by atoms with Crippen LogP contribution in [0.1, 0.15) is 5.56 Å². The fraction of sp³-hybridized carbons (Fsp3) is 0.111. The number of hydrogen-bond donors (Lipinski definition) is 1. The van der Waals surface area contributed by atoms with E-state index in [9.17, 15) is 4.79 Å². The van der Waals surface area contributed by atoms with Crippen LogP contribution in [-0.4, -0.2) is 17.7 Å². The van der Waals surface area contributed by atoms with Crippen molar-refractivity contribution in [1.82, 2.24) is 0 Å². The Balaban J connectivity index is 2.96. The molecule has 4 nitrogen and oxygen atoms in total. The minimum Gasteiger partial charge on any atom is -0.380 e. The highest BCUT2D eigenvalue weighted by Gasteiger charge is 2.10. The molecule has 0 unspecified atom stereocenters. The zero-order valence-electron chi connectivity index (χ0n) is 7.91. The van der Waals surface area contributed by atoms with E-state index in [0.717, 1.165) is 0 Å². The van der Waals surface area contributed by atoms with Crippen LogP contribution in [0.15, 0.2) is 23.4 Å². The lowest BCUT2D eigenvalue weighted by atomic mass is 10.2. The molecule has 2 N–H and O–H groups in total. The Hall–Kier alpha value is -0.970. The summed E-state index contributed by atoms with van der Waals surface area (Å²) < 4.78 is 0. The monoisotopic (exact) mass is 280 g/mol. The van der Waals surface area contributed by atoms with Gasteiger partial charge in [0.05, 0.1) is 15.6 Å². The Morgan fingerprint density at radius 3 is 2.44 bits per heavy atom. The van der Waals surface area contributed by atoms with Crippen LogP contribution in [0.5, 0.6) is 0 Å². The van der Waals surface area contributed by atoms with Crippen molar-refractivity contribution in [3.63, 3.8) is 0 Å². The normalized spacial score (nSPS) is 11.3. The van der Waals surface area contributed by atoms with E-state index in [1.54, 1.807) is 18.2 Å². The van der Waals surface area contributed by atoms with Gasteiger partial charge in [-0.05, 0) is 12.1 Å². The van der Waals surface area contributed by atoms with Gasteiger partial charge in [0.25, 0.3) is 0 Å². The molecule has 1 rings (SSSR count). The summed E-state index contributed by atoms with van der Waals surface area (Å²) in [6.07, 6.45) is 0. The van der Waals surface area contributed by atoms with E-state index >= 15 is 0 Å². The highest BCUT2D eigenvalue weighted by molar-refractivity contribution is 6.39. The number of halogens is 3. The number of benzene rings is 1. The molecule has 0 aromatic heterocycles. The SMILES string of the molecule is N/C(=N\OC(=O)CCl)c1c(Cl)cccc1Cl. The Morgan fingerprint density at radius 1 is 1.38 bits per heavy atom. The minimum atomic E-state index is -0.715. The van der Waals surface area contributed by atoms with Crippen LogP contribution in [0.3, 0.4) is 0 Å². The summed E-state index contributed by atoms with van der Waals surface area (Å²) in [6.45, 7) is 0. The van der Waals surface area contributed by atoms with Gasteiger partial charge >= 0.3 is 5.97 Å². The highest BCUT2D eigenvalue weighted by atomic mass is 35.5. The van der Waals surface area contributed by atoms with Gasteiger partial charge in [-0.2, -0.15) is 0 Å². The standard InChI is InChI=1S/C9H7Cl3N2O2/c10-4-7(15)16-14-9(13)8-5(11)2-1-3-6(8)12/h1-3H,4H2,(H2,13,14). The number of hydrogen-bond acceptors (Lipinski definition) is 3. The van der Waals surface area contributed by atoms with Crippen molar-refractivity contribution in [3.05, 3.63) is 33.8 Å². The second kappa shape index (κ2) is 5.94. The number of alkyl halides is 1. The Bertz CT molecular complexity index is 415. The molecule has 86 valence electrons. The molecule has 0 saturated carbocycles. The largest absolute Gasteiger partial charge is 0.380 e. The molecule has 0 saturated heterocycles. The second-order valence-electron chi connectivity index (χ2n) is 2.67. The van der Waals surface area contributed by atoms with Crippen molar-refractivity contribution in [1.29, 1.82) is 0 Å². The lowest BCUT2D eigenvalue weighted by Gasteiger charge is -2.04. The zero-order valence-corrected chi connectivity index (χ0v) is 10.2. The lowest BCUT2D eigenvalue weighted by molar-refractivity contribution is -0.140. The first-order valence-corrected chi connectivity index (χ1v) is 5.39. The van der Waals surface area contributed by atoms with E-state index in [1.165, 1.54) is 0 Å². The van der Waals surface area contributed by atoms with Crippen molar-refractivity contribution in [3.8, 4) is 0 Å². The topological polar surface area (TPSA) is 64.7 Å². The maximum atomic E-state index is 10.7. The summed E-state index contributed by atoms with van der Waals surface area (Å²) in [6, 6.07) is 4.84. The van der Waals surface area contributed by atoms with Crippen LogP contribution >= 0.6 is 34.8 Å². The fourth-order valence-electron chi connectivity index (χ4n) is 0.913. The maximum Gasteiger partial charge on any atom is 0.349 e. The fourth-order valence-corrected chi connectivity index (χ4v) is 1.55. The van der Waals surface area contributed by atoms with Crippen LogP contribution < -0.4 is 5.73 Å². The molecule has 1 aromatic carbocycles. The summed E-state index contributed by atoms with van der Waals surface area (Å²) in [5.74, 6) is -1.12. The summed E-state index contributed by atoms with van der Waals surface area (Å²) in [4.78, 5) is 15.1. The van der Waals surface area contributed by atoms with Gasteiger partial charge in [-0.25, -0.2) is 4.79 Å². The number of rotatable bonds is 3. The van der Waals surface area contributed by atoms with E-state index in [1.807, 2.05) is 0 Å². The smallest absolute Gasteiger partial charge is 0.349 e. The first-order chi connectivity index (χ1) is 7.56. The Labute approximate surface area is 107 Å².